The van der Waals surface area contributed by atoms with Gasteiger partial charge in [0.15, 0.2) is 17.8 Å². The molecule has 1 aromatic carbocycles. The number of carbonyl (C=O) groups is 2. The van der Waals surface area contributed by atoms with Crippen LogP contribution in [0.15, 0.2) is 42.7 Å². The molecule has 3 aliphatic heterocycles. The van der Waals surface area contributed by atoms with Gasteiger partial charge in [-0.2, -0.15) is 0 Å². The largest absolute Gasteiger partial charge is 0.504 e. The van der Waals surface area contributed by atoms with Crippen molar-refractivity contribution < 1.29 is 88.3 Å². The van der Waals surface area contributed by atoms with Gasteiger partial charge in [0.1, 0.15) is 61.2 Å². The van der Waals surface area contributed by atoms with Crippen molar-refractivity contribution in [3.63, 3.8) is 0 Å². The van der Waals surface area contributed by atoms with Gasteiger partial charge in [0.25, 0.3) is 0 Å². The Kier molecular flexibility index (Phi) is 12.6. The molecule has 268 valence electrons. The van der Waals surface area contributed by atoms with Crippen LogP contribution in [0.25, 0.3) is 0 Å². The molecule has 18 nitrogen and oxygen atoms in total. The fraction of sp³-hybridized carbons (Fsp3) is 0.600. The fourth-order valence-electron chi connectivity index (χ4n) is 5.42. The van der Waals surface area contributed by atoms with Gasteiger partial charge < -0.3 is 78.7 Å². The van der Waals surface area contributed by atoms with Gasteiger partial charge in [0.2, 0.25) is 12.6 Å². The van der Waals surface area contributed by atoms with E-state index in [9.17, 15) is 50.4 Å². The minimum Gasteiger partial charge on any atom is -0.504 e. The molecule has 13 atom stereocenters. The van der Waals surface area contributed by atoms with Gasteiger partial charge in [0.05, 0.1) is 39.1 Å². The van der Waals surface area contributed by atoms with E-state index in [0.29, 0.717) is 0 Å². The number of benzene rings is 1. The average Bonchev–Trinajstić information content (AvgIpc) is 3.08. The van der Waals surface area contributed by atoms with Gasteiger partial charge in [-0.25, -0.2) is 4.79 Å². The molecule has 3 aliphatic rings. The lowest BCUT2D eigenvalue weighted by molar-refractivity contribution is -0.339. The first-order valence-electron chi connectivity index (χ1n) is 14.8. The van der Waals surface area contributed by atoms with Crippen LogP contribution in [0.2, 0.25) is 0 Å². The molecule has 4 rings (SSSR count). The van der Waals surface area contributed by atoms with Crippen molar-refractivity contribution in [3.8, 4) is 17.2 Å². The molecule has 0 saturated carbocycles. The number of rotatable bonds is 12. The summed E-state index contributed by atoms with van der Waals surface area (Å²) >= 11 is 0. The van der Waals surface area contributed by atoms with Crippen LogP contribution in [0.4, 0.5) is 0 Å². The number of aromatic hydroxyl groups is 1. The highest BCUT2D eigenvalue weighted by molar-refractivity contribution is 5.90. The summed E-state index contributed by atoms with van der Waals surface area (Å²) in [5.74, 6) is -3.90. The Morgan fingerprint density at radius 1 is 0.896 bits per heavy atom. The number of hydrogen-bond donors (Lipinski definition) is 8. The van der Waals surface area contributed by atoms with E-state index < -0.39 is 111 Å². The Hall–Kier alpha value is -3.56. The van der Waals surface area contributed by atoms with Gasteiger partial charge >= 0.3 is 11.9 Å². The quantitative estimate of drug-likeness (QED) is 0.0812. The third-order valence-corrected chi connectivity index (χ3v) is 8.18. The lowest BCUT2D eigenvalue weighted by atomic mass is 9.81. The first kappa shape index (κ1) is 37.3. The van der Waals surface area contributed by atoms with E-state index >= 15 is 0 Å². The van der Waals surface area contributed by atoms with Crippen molar-refractivity contribution in [2.45, 2.75) is 74.1 Å². The summed E-state index contributed by atoms with van der Waals surface area (Å²) in [6.45, 7) is 2.38. The second-order valence-electron chi connectivity index (χ2n) is 11.2. The van der Waals surface area contributed by atoms with Crippen molar-refractivity contribution in [1.82, 2.24) is 0 Å². The van der Waals surface area contributed by atoms with Crippen LogP contribution in [-0.4, -0.2) is 148 Å². The Labute approximate surface area is 273 Å². The maximum atomic E-state index is 13.1. The SMILES string of the molecule is C=C[C@H]1[C@H](O[C@@H]2O[C@H](CO)[C@@H](O)[C@H](O)[C@H]2O)OC=C(C(=O)OC)[C@H]1CC(=O)OC[C@H]1O[C@@H](Oc2ccc(O)c(OC)c2)[C@H](O)[C@@H](O)[C@@H]1O. The number of hydrogen-bond acceptors (Lipinski definition) is 18. The number of carbonyl (C=O) groups excluding carboxylic acids is 2. The van der Waals surface area contributed by atoms with Gasteiger partial charge in [-0.05, 0) is 12.1 Å². The van der Waals surface area contributed by atoms with E-state index in [1.807, 2.05) is 0 Å². The number of aliphatic hydroxyl groups excluding tert-OH is 7. The number of phenols is 1. The third kappa shape index (κ3) is 8.00. The first-order valence-corrected chi connectivity index (χ1v) is 14.8. The predicted octanol–water partition coefficient (Wildman–Crippen LogP) is -2.83. The molecule has 8 N–H and O–H groups in total. The number of phenolic OH excluding ortho intramolecular Hbond substituents is 1. The van der Waals surface area contributed by atoms with Crippen LogP contribution in [0, 0.1) is 11.8 Å². The smallest absolute Gasteiger partial charge is 0.337 e. The molecule has 0 spiro atoms. The lowest BCUT2D eigenvalue weighted by Crippen LogP contribution is -2.60. The van der Waals surface area contributed by atoms with E-state index in [0.717, 1.165) is 13.4 Å². The molecule has 3 heterocycles. The van der Waals surface area contributed by atoms with Crippen molar-refractivity contribution in [1.29, 1.82) is 0 Å². The number of ether oxygens (including phenoxy) is 8. The summed E-state index contributed by atoms with van der Waals surface area (Å²) in [6.07, 6.45) is -15.8. The molecule has 2 saturated heterocycles. The van der Waals surface area contributed by atoms with Crippen LogP contribution in [0.3, 0.4) is 0 Å². The summed E-state index contributed by atoms with van der Waals surface area (Å²) in [4.78, 5) is 25.7. The highest BCUT2D eigenvalue weighted by Gasteiger charge is 2.49. The minimum absolute atomic E-state index is 0.0519. The molecule has 2 fully saturated rings. The molecule has 1 aromatic rings. The second-order valence-corrected chi connectivity index (χ2v) is 11.2. The zero-order valence-corrected chi connectivity index (χ0v) is 25.9. The highest BCUT2D eigenvalue weighted by Crippen LogP contribution is 2.38. The maximum Gasteiger partial charge on any atom is 0.337 e. The fourth-order valence-corrected chi connectivity index (χ4v) is 5.42. The molecule has 48 heavy (non-hydrogen) atoms. The van der Waals surface area contributed by atoms with E-state index in [1.54, 1.807) is 0 Å². The number of esters is 2. The van der Waals surface area contributed by atoms with E-state index in [1.165, 1.54) is 31.4 Å². The van der Waals surface area contributed by atoms with Gasteiger partial charge in [0, 0.05) is 17.9 Å². The molecule has 0 radical (unpaired) electrons. The van der Waals surface area contributed by atoms with E-state index in [4.69, 9.17) is 37.9 Å². The normalized spacial score (nSPS) is 36.6. The monoisotopic (exact) mass is 688 g/mol. The predicted molar refractivity (Wildman–Crippen MR) is 155 cm³/mol. The summed E-state index contributed by atoms with van der Waals surface area (Å²) in [6, 6.07) is 3.89. The van der Waals surface area contributed by atoms with E-state index in [2.05, 4.69) is 6.58 Å². The highest BCUT2D eigenvalue weighted by atomic mass is 16.8. The van der Waals surface area contributed by atoms with Crippen molar-refractivity contribution in [3.05, 3.63) is 42.7 Å². The summed E-state index contributed by atoms with van der Waals surface area (Å²) in [7, 11) is 2.41. The zero-order chi connectivity index (χ0) is 35.3. The van der Waals surface area contributed by atoms with Gasteiger partial charge in [-0.3, -0.25) is 4.79 Å². The molecule has 0 aliphatic carbocycles. The van der Waals surface area contributed by atoms with Crippen LogP contribution in [0.1, 0.15) is 6.42 Å². The summed E-state index contributed by atoms with van der Waals surface area (Å²) in [5.41, 5.74) is -0.113. The van der Waals surface area contributed by atoms with Gasteiger partial charge in [-0.15, -0.1) is 6.58 Å². The number of methoxy groups -OCH3 is 2. The Morgan fingerprint density at radius 2 is 1.54 bits per heavy atom. The molecule has 0 amide bonds. The molecule has 0 unspecified atom stereocenters. The van der Waals surface area contributed by atoms with Crippen molar-refractivity contribution >= 4 is 11.9 Å². The molecular formula is C30H40O18. The second kappa shape index (κ2) is 16.2. The van der Waals surface area contributed by atoms with Crippen LogP contribution in [-0.2, 0) is 38.0 Å². The van der Waals surface area contributed by atoms with Gasteiger partial charge in [-0.1, -0.05) is 6.08 Å². The maximum absolute atomic E-state index is 13.1. The van der Waals surface area contributed by atoms with Crippen LogP contribution >= 0.6 is 0 Å². The lowest BCUT2D eigenvalue weighted by Gasteiger charge is -2.43. The zero-order valence-electron chi connectivity index (χ0n) is 25.9. The average molecular weight is 689 g/mol. The minimum atomic E-state index is -1.78. The van der Waals surface area contributed by atoms with Crippen LogP contribution in [0.5, 0.6) is 17.2 Å². The van der Waals surface area contributed by atoms with Crippen molar-refractivity contribution in [2.75, 3.05) is 27.4 Å². The van der Waals surface area contributed by atoms with Crippen molar-refractivity contribution in [2.24, 2.45) is 11.8 Å². The molecular weight excluding hydrogens is 648 g/mol. The van der Waals surface area contributed by atoms with E-state index in [-0.39, 0.29) is 22.8 Å². The first-order chi connectivity index (χ1) is 22.8. The number of aliphatic hydroxyl groups is 7. The Bertz CT molecular complexity index is 1300. The molecule has 0 bridgehead atoms. The van der Waals surface area contributed by atoms with Crippen LogP contribution < -0.4 is 9.47 Å². The summed E-state index contributed by atoms with van der Waals surface area (Å²) in [5, 5.41) is 81.3. The molecule has 18 heteroatoms. The topological polar surface area (TPSA) is 270 Å². The third-order valence-electron chi connectivity index (χ3n) is 8.18. The Balaban J connectivity index is 1.44. The summed E-state index contributed by atoms with van der Waals surface area (Å²) < 4.78 is 43.0. The standard InChI is InChI=1S/C30H40O18/c1-4-13-14(15(27(40)42-3)10-44-28(13)48-30-26(39)23(36)21(34)18(9-31)46-30)8-20(33)43-11-19-22(35)24(37)25(38)29(47-19)45-12-5-6-16(32)17(7-12)41-2/h4-7,10,13-14,18-19,21-26,28-32,34-39H,1,8-9,11H2,2-3H3/t13-,14+,18-,19-,21-,22-,23+,24+,25-,26-,28+,29-,30+/m1/s1. The Morgan fingerprint density at radius 3 is 2.17 bits per heavy atom. The molecule has 0 aromatic heterocycles.